The van der Waals surface area contributed by atoms with Crippen LogP contribution in [0, 0.1) is 7.40 Å². The van der Waals surface area contributed by atoms with Crippen molar-refractivity contribution >= 4 is 78.9 Å². The summed E-state index contributed by atoms with van der Waals surface area (Å²) in [6.45, 7) is 0. The Morgan fingerprint density at radius 3 is 2.17 bits per heavy atom. The van der Waals surface area contributed by atoms with Crippen LogP contribution < -0.4 is 0 Å². The molecule has 10 heteroatoms. The van der Waals surface area contributed by atoms with Crippen molar-refractivity contribution in [3.05, 3.63) is 54.9 Å². The predicted octanol–water partition coefficient (Wildman–Crippen LogP) is 3.92. The van der Waals surface area contributed by atoms with Gasteiger partial charge in [-0.15, -0.1) is 0 Å². The summed E-state index contributed by atoms with van der Waals surface area (Å²) in [6.07, 6.45) is 0. The van der Waals surface area contributed by atoms with Crippen molar-refractivity contribution in [2.75, 3.05) is 14.2 Å². The van der Waals surface area contributed by atoms with Crippen molar-refractivity contribution in [2.45, 2.75) is 0 Å². The number of aromatic nitrogens is 4. The number of carbonyl (C=O) groups excluding carboxylic acids is 2. The highest BCUT2D eigenvalue weighted by atomic mass is 127. The maximum Gasteiger partial charge on any atom is 0.337 e. The van der Waals surface area contributed by atoms with E-state index in [9.17, 15) is 9.59 Å². The number of aryl methyl sites for hydroxylation is 1. The summed E-state index contributed by atoms with van der Waals surface area (Å²) in [5.74, 6) is -0.652. The molecule has 0 amide bonds. The molecule has 29 heavy (non-hydrogen) atoms. The third-order valence-corrected chi connectivity index (χ3v) is 5.77. The number of nitrogens with zero attached hydrogens (tertiary/aromatic N) is 3. The first-order chi connectivity index (χ1) is 13.8. The summed E-state index contributed by atoms with van der Waals surface area (Å²) < 4.78 is 12.9. The lowest BCUT2D eigenvalue weighted by atomic mass is 10.1. The zero-order chi connectivity index (χ0) is 21.1. The third kappa shape index (κ3) is 4.52. The normalized spacial score (nSPS) is 10.5. The largest absolute Gasteiger partial charge is 0.465 e. The highest BCUT2D eigenvalue weighted by Gasteiger charge is 2.11. The van der Waals surface area contributed by atoms with Crippen molar-refractivity contribution in [3.8, 4) is 0 Å². The van der Waals surface area contributed by atoms with Gasteiger partial charge in [0.15, 0.2) is 0 Å². The monoisotopic (exact) mass is 618 g/mol. The number of aromatic amines is 1. The zero-order valence-electron chi connectivity index (χ0n) is 15.7. The van der Waals surface area contributed by atoms with Crippen LogP contribution in [0.25, 0.3) is 21.8 Å². The maximum atomic E-state index is 11.3. The molecule has 4 rings (SSSR count). The van der Waals surface area contributed by atoms with Gasteiger partial charge in [-0.3, -0.25) is 9.78 Å². The number of halogens is 2. The Kier molecular flexibility index (Phi) is 6.72. The standard InChI is InChI=1S/C10H9IN2O2.C9H7IN2O2/c1-13-8-4-3-6(10(14)15-2)5-7(8)9(11)12-13;1-14-9(13)5-2-3-7-6(4-5)8(10)12-11-7/h3-5H,1-2H3;2-4H,1H3,(H,11,12). The molecule has 8 nitrogen and oxygen atoms in total. The molecule has 0 aliphatic carbocycles. The van der Waals surface area contributed by atoms with Gasteiger partial charge in [-0.2, -0.15) is 10.2 Å². The highest BCUT2D eigenvalue weighted by molar-refractivity contribution is 14.1. The minimum Gasteiger partial charge on any atom is -0.465 e. The number of rotatable bonds is 2. The molecule has 150 valence electrons. The van der Waals surface area contributed by atoms with Gasteiger partial charge in [-0.05, 0) is 81.6 Å². The fraction of sp³-hybridized carbons (Fsp3) is 0.158. The van der Waals surface area contributed by atoms with E-state index in [2.05, 4.69) is 70.0 Å². The zero-order valence-corrected chi connectivity index (χ0v) is 20.0. The number of nitrogens with one attached hydrogen (secondary N) is 1. The first kappa shape index (κ1) is 21.5. The molecule has 2 aromatic heterocycles. The number of methoxy groups -OCH3 is 2. The molecule has 0 radical (unpaired) electrons. The molecule has 0 saturated heterocycles. The fourth-order valence-corrected chi connectivity index (χ4v) is 4.00. The van der Waals surface area contributed by atoms with Crippen LogP contribution in [0.1, 0.15) is 20.7 Å². The molecular weight excluding hydrogens is 602 g/mol. The van der Waals surface area contributed by atoms with Crippen molar-refractivity contribution in [1.29, 1.82) is 0 Å². The molecule has 0 aliphatic heterocycles. The number of H-pyrrole nitrogens is 1. The molecular formula is C19H16I2N4O4. The average Bonchev–Trinajstić information content (AvgIpc) is 3.25. The van der Waals surface area contributed by atoms with E-state index in [4.69, 9.17) is 0 Å². The van der Waals surface area contributed by atoms with E-state index in [-0.39, 0.29) is 11.9 Å². The van der Waals surface area contributed by atoms with Gasteiger partial charge < -0.3 is 9.47 Å². The smallest absolute Gasteiger partial charge is 0.337 e. The number of fused-ring (bicyclic) bond motifs is 2. The van der Waals surface area contributed by atoms with Crippen LogP contribution >= 0.6 is 45.2 Å². The minimum absolute atomic E-state index is 0.323. The molecule has 0 saturated carbocycles. The van der Waals surface area contributed by atoms with Crippen LogP contribution in [-0.4, -0.2) is 46.1 Å². The Labute approximate surface area is 193 Å². The minimum atomic E-state index is -0.330. The second kappa shape index (κ2) is 9.07. The molecule has 0 spiro atoms. The first-order valence-electron chi connectivity index (χ1n) is 8.28. The van der Waals surface area contributed by atoms with Crippen molar-refractivity contribution in [2.24, 2.45) is 7.05 Å². The van der Waals surface area contributed by atoms with E-state index in [1.54, 1.807) is 35.0 Å². The van der Waals surface area contributed by atoms with Crippen LogP contribution in [0.15, 0.2) is 36.4 Å². The molecule has 4 aromatic rings. The van der Waals surface area contributed by atoms with Crippen molar-refractivity contribution < 1.29 is 19.1 Å². The summed E-state index contributed by atoms with van der Waals surface area (Å²) >= 11 is 4.28. The van der Waals surface area contributed by atoms with Gasteiger partial charge in [0.25, 0.3) is 0 Å². The Morgan fingerprint density at radius 1 is 0.966 bits per heavy atom. The van der Waals surface area contributed by atoms with E-state index < -0.39 is 0 Å². The highest BCUT2D eigenvalue weighted by Crippen LogP contribution is 2.21. The molecule has 0 atom stereocenters. The molecule has 0 fully saturated rings. The quantitative estimate of drug-likeness (QED) is 0.270. The Bertz CT molecular complexity index is 1220. The van der Waals surface area contributed by atoms with E-state index in [0.29, 0.717) is 11.1 Å². The molecule has 2 heterocycles. The lowest BCUT2D eigenvalue weighted by Gasteiger charge is -1.99. The molecule has 0 bridgehead atoms. The van der Waals surface area contributed by atoms with Crippen molar-refractivity contribution in [1.82, 2.24) is 20.0 Å². The number of esters is 2. The topological polar surface area (TPSA) is 99.1 Å². The Balaban J connectivity index is 0.000000166. The third-order valence-electron chi connectivity index (χ3n) is 4.15. The van der Waals surface area contributed by atoms with Crippen LogP contribution in [0.4, 0.5) is 0 Å². The fourth-order valence-electron chi connectivity index (χ4n) is 2.69. The van der Waals surface area contributed by atoms with Crippen LogP contribution in [0.2, 0.25) is 0 Å². The summed E-state index contributed by atoms with van der Waals surface area (Å²) in [5, 5.41) is 13.1. The number of benzene rings is 2. The summed E-state index contributed by atoms with van der Waals surface area (Å²) in [5.41, 5.74) is 2.95. The summed E-state index contributed by atoms with van der Waals surface area (Å²) in [7, 11) is 4.62. The second-order valence-corrected chi connectivity index (χ2v) is 8.00. The van der Waals surface area contributed by atoms with Gasteiger partial charge in [-0.25, -0.2) is 9.59 Å². The maximum absolute atomic E-state index is 11.3. The van der Waals surface area contributed by atoms with Gasteiger partial charge in [0.2, 0.25) is 0 Å². The van der Waals surface area contributed by atoms with Gasteiger partial charge in [0.1, 0.15) is 7.40 Å². The second-order valence-electron chi connectivity index (χ2n) is 5.90. The predicted molar refractivity (Wildman–Crippen MR) is 125 cm³/mol. The summed E-state index contributed by atoms with van der Waals surface area (Å²) in [4.78, 5) is 22.6. The molecule has 0 aliphatic rings. The average molecular weight is 618 g/mol. The van der Waals surface area contributed by atoms with Crippen LogP contribution in [-0.2, 0) is 16.5 Å². The van der Waals surface area contributed by atoms with Crippen LogP contribution in [0.3, 0.4) is 0 Å². The van der Waals surface area contributed by atoms with E-state index in [1.165, 1.54) is 14.2 Å². The van der Waals surface area contributed by atoms with Crippen LogP contribution in [0.5, 0.6) is 0 Å². The first-order valence-corrected chi connectivity index (χ1v) is 10.4. The van der Waals surface area contributed by atoms with Crippen molar-refractivity contribution in [3.63, 3.8) is 0 Å². The number of carbonyl (C=O) groups is 2. The molecule has 1 N–H and O–H groups in total. The molecule has 2 aromatic carbocycles. The number of hydrogen-bond acceptors (Lipinski definition) is 6. The Morgan fingerprint density at radius 2 is 1.55 bits per heavy atom. The summed E-state index contributed by atoms with van der Waals surface area (Å²) in [6, 6.07) is 10.7. The van der Waals surface area contributed by atoms with Gasteiger partial charge in [0.05, 0.1) is 36.4 Å². The lowest BCUT2D eigenvalue weighted by Crippen LogP contribution is -2.00. The van der Waals surface area contributed by atoms with Gasteiger partial charge in [0, 0.05) is 17.8 Å². The van der Waals surface area contributed by atoms with E-state index >= 15 is 0 Å². The Hall–Kier alpha value is -2.22. The van der Waals surface area contributed by atoms with E-state index in [1.807, 2.05) is 13.1 Å². The lowest BCUT2D eigenvalue weighted by molar-refractivity contribution is 0.0592. The van der Waals surface area contributed by atoms with E-state index in [0.717, 1.165) is 29.2 Å². The number of hydrogen-bond donors (Lipinski definition) is 1. The van der Waals surface area contributed by atoms with Gasteiger partial charge in [-0.1, -0.05) is 0 Å². The van der Waals surface area contributed by atoms with Gasteiger partial charge >= 0.3 is 11.9 Å². The number of ether oxygens (including phenoxy) is 2. The molecule has 0 unspecified atom stereocenters. The SMILES string of the molecule is COC(=O)c1ccc2c(c1)c(I)nn2C.COC(=O)c1ccc2n[nH]c(I)c2c1.